The Balaban J connectivity index is 0. The molecule has 0 aliphatic carbocycles. The van der Waals surface area contributed by atoms with Crippen LogP contribution in [0.25, 0.3) is 6.08 Å². The Bertz CT molecular complexity index is 300. The van der Waals surface area contributed by atoms with Gasteiger partial charge < -0.3 is 4.74 Å². The Morgan fingerprint density at radius 3 is 2.06 bits per heavy atom. The second-order valence-corrected chi connectivity index (χ2v) is 2.55. The standard InChI is InChI=1S/C11H12O.2C2H6/c1-4-10-7-5-6-8-11(10)12-9(2)3;2*1-2/h4-8H,1-2H2,3H3;2*1-2H3. The fraction of sp³-hybridized carbons (Fsp3) is 0.333. The molecule has 1 aromatic rings. The zero-order chi connectivity index (χ0) is 13.0. The molecule has 0 saturated carbocycles. The van der Waals surface area contributed by atoms with E-state index in [9.17, 15) is 0 Å². The molecular weight excluding hydrogens is 196 g/mol. The molecule has 1 nitrogen and oxygen atoms in total. The van der Waals surface area contributed by atoms with E-state index in [0.717, 1.165) is 11.3 Å². The Labute approximate surface area is 100 Å². The summed E-state index contributed by atoms with van der Waals surface area (Å²) in [5.41, 5.74) is 0.987. The van der Waals surface area contributed by atoms with Crippen LogP contribution in [0.4, 0.5) is 0 Å². The van der Waals surface area contributed by atoms with Crippen LogP contribution in [0.5, 0.6) is 5.75 Å². The molecule has 0 saturated heterocycles. The number of para-hydroxylation sites is 1. The first-order valence-electron chi connectivity index (χ1n) is 5.79. The summed E-state index contributed by atoms with van der Waals surface area (Å²) in [6, 6.07) is 7.71. The van der Waals surface area contributed by atoms with Gasteiger partial charge in [-0.15, -0.1) is 0 Å². The van der Waals surface area contributed by atoms with Crippen molar-refractivity contribution in [1.82, 2.24) is 0 Å². The molecule has 0 radical (unpaired) electrons. The SMILES string of the molecule is C=Cc1ccccc1OC(=C)C.CC.CC. The van der Waals surface area contributed by atoms with Crippen LogP contribution in [-0.4, -0.2) is 0 Å². The van der Waals surface area contributed by atoms with E-state index in [-0.39, 0.29) is 0 Å². The third kappa shape index (κ3) is 6.88. The van der Waals surface area contributed by atoms with Crippen LogP contribution >= 0.6 is 0 Å². The molecule has 1 heteroatoms. The van der Waals surface area contributed by atoms with E-state index < -0.39 is 0 Å². The molecule has 0 aliphatic rings. The van der Waals surface area contributed by atoms with Crippen LogP contribution in [0.15, 0.2) is 43.2 Å². The maximum atomic E-state index is 5.37. The average molecular weight is 220 g/mol. The molecule has 0 fully saturated rings. The quantitative estimate of drug-likeness (QED) is 0.628. The molecule has 0 N–H and O–H groups in total. The topological polar surface area (TPSA) is 9.23 Å². The van der Waals surface area contributed by atoms with Gasteiger partial charge in [0.15, 0.2) is 0 Å². The van der Waals surface area contributed by atoms with Gasteiger partial charge in [0.1, 0.15) is 5.75 Å². The molecule has 0 aromatic heterocycles. The molecular formula is C15H24O. The van der Waals surface area contributed by atoms with Gasteiger partial charge in [-0.05, 0) is 13.0 Å². The molecule has 0 aliphatic heterocycles. The van der Waals surface area contributed by atoms with Gasteiger partial charge in [0.25, 0.3) is 0 Å². The minimum atomic E-state index is 0.685. The van der Waals surface area contributed by atoms with Crippen molar-refractivity contribution in [3.63, 3.8) is 0 Å². The lowest BCUT2D eigenvalue weighted by atomic mass is 10.2. The van der Waals surface area contributed by atoms with Crippen LogP contribution < -0.4 is 4.74 Å². The summed E-state index contributed by atoms with van der Waals surface area (Å²) in [5, 5.41) is 0. The summed E-state index contributed by atoms with van der Waals surface area (Å²) in [4.78, 5) is 0. The number of allylic oxidation sites excluding steroid dienone is 1. The molecule has 0 amide bonds. The Morgan fingerprint density at radius 1 is 1.12 bits per heavy atom. The Hall–Kier alpha value is -1.50. The van der Waals surface area contributed by atoms with Gasteiger partial charge >= 0.3 is 0 Å². The molecule has 1 rings (SSSR count). The molecule has 0 spiro atoms. The van der Waals surface area contributed by atoms with E-state index in [2.05, 4.69) is 13.2 Å². The van der Waals surface area contributed by atoms with Gasteiger partial charge in [0, 0.05) is 5.56 Å². The van der Waals surface area contributed by atoms with Gasteiger partial charge in [-0.25, -0.2) is 0 Å². The van der Waals surface area contributed by atoms with Crippen molar-refractivity contribution in [2.24, 2.45) is 0 Å². The van der Waals surface area contributed by atoms with Crippen molar-refractivity contribution in [2.45, 2.75) is 34.6 Å². The summed E-state index contributed by atoms with van der Waals surface area (Å²) in [7, 11) is 0. The molecule has 0 atom stereocenters. The van der Waals surface area contributed by atoms with Gasteiger partial charge in [0.2, 0.25) is 0 Å². The molecule has 90 valence electrons. The number of hydrogen-bond acceptors (Lipinski definition) is 1. The highest BCUT2D eigenvalue weighted by atomic mass is 16.5. The minimum absolute atomic E-state index is 0.685. The average Bonchev–Trinajstić information content (AvgIpc) is 2.34. The fourth-order valence-electron chi connectivity index (χ4n) is 0.930. The lowest BCUT2D eigenvalue weighted by Crippen LogP contribution is -1.90. The first-order chi connectivity index (χ1) is 7.74. The summed E-state index contributed by atoms with van der Waals surface area (Å²) in [5.74, 6) is 1.49. The van der Waals surface area contributed by atoms with Crippen LogP contribution in [-0.2, 0) is 0 Å². The fourth-order valence-corrected chi connectivity index (χ4v) is 0.930. The summed E-state index contributed by atoms with van der Waals surface area (Å²) < 4.78 is 5.37. The summed E-state index contributed by atoms with van der Waals surface area (Å²) >= 11 is 0. The molecule has 0 unspecified atom stereocenters. The largest absolute Gasteiger partial charge is 0.462 e. The van der Waals surface area contributed by atoms with E-state index in [4.69, 9.17) is 4.74 Å². The molecule has 0 bridgehead atoms. The van der Waals surface area contributed by atoms with Crippen LogP contribution in [0.2, 0.25) is 0 Å². The van der Waals surface area contributed by atoms with E-state index in [0.29, 0.717) is 5.76 Å². The predicted octanol–water partition coefficient (Wildman–Crippen LogP) is 5.29. The predicted molar refractivity (Wildman–Crippen MR) is 74.7 cm³/mol. The van der Waals surface area contributed by atoms with Crippen molar-refractivity contribution < 1.29 is 4.74 Å². The van der Waals surface area contributed by atoms with Gasteiger partial charge in [-0.1, -0.05) is 65.1 Å². The van der Waals surface area contributed by atoms with Gasteiger partial charge in [-0.3, -0.25) is 0 Å². The van der Waals surface area contributed by atoms with Crippen LogP contribution in [0.1, 0.15) is 40.2 Å². The molecule has 16 heavy (non-hydrogen) atoms. The Kier molecular flexibility index (Phi) is 12.2. The summed E-state index contributed by atoms with van der Waals surface area (Å²) in [6.07, 6.45) is 1.76. The van der Waals surface area contributed by atoms with Crippen molar-refractivity contribution in [3.8, 4) is 5.75 Å². The van der Waals surface area contributed by atoms with Crippen molar-refractivity contribution in [2.75, 3.05) is 0 Å². The molecule has 0 heterocycles. The van der Waals surface area contributed by atoms with Gasteiger partial charge in [-0.2, -0.15) is 0 Å². The lowest BCUT2D eigenvalue weighted by molar-refractivity contribution is 0.429. The third-order valence-corrected chi connectivity index (χ3v) is 1.42. The maximum Gasteiger partial charge on any atom is 0.134 e. The smallest absolute Gasteiger partial charge is 0.134 e. The highest BCUT2D eigenvalue weighted by Crippen LogP contribution is 2.20. The van der Waals surface area contributed by atoms with E-state index in [1.807, 2.05) is 58.9 Å². The summed E-state index contributed by atoms with van der Waals surface area (Å²) in [6.45, 7) is 17.2. The minimum Gasteiger partial charge on any atom is -0.462 e. The van der Waals surface area contributed by atoms with E-state index in [1.54, 1.807) is 6.08 Å². The van der Waals surface area contributed by atoms with Crippen LogP contribution in [0, 0.1) is 0 Å². The second-order valence-electron chi connectivity index (χ2n) is 2.55. The number of hydrogen-bond donors (Lipinski definition) is 0. The zero-order valence-electron chi connectivity index (χ0n) is 11.2. The number of benzene rings is 1. The Morgan fingerprint density at radius 2 is 1.62 bits per heavy atom. The van der Waals surface area contributed by atoms with Crippen molar-refractivity contribution >= 4 is 6.08 Å². The normalized spacial score (nSPS) is 7.56. The first-order valence-corrected chi connectivity index (χ1v) is 5.79. The molecule has 1 aromatic carbocycles. The second kappa shape index (κ2) is 11.6. The first kappa shape index (κ1) is 16.9. The highest BCUT2D eigenvalue weighted by Gasteiger charge is 1.97. The number of rotatable bonds is 3. The van der Waals surface area contributed by atoms with Crippen molar-refractivity contribution in [1.29, 1.82) is 0 Å². The van der Waals surface area contributed by atoms with Crippen LogP contribution in [0.3, 0.4) is 0 Å². The van der Waals surface area contributed by atoms with E-state index in [1.165, 1.54) is 0 Å². The van der Waals surface area contributed by atoms with Crippen molar-refractivity contribution in [3.05, 3.63) is 48.7 Å². The zero-order valence-corrected chi connectivity index (χ0v) is 11.2. The number of ether oxygens (including phenoxy) is 1. The monoisotopic (exact) mass is 220 g/mol. The van der Waals surface area contributed by atoms with E-state index >= 15 is 0 Å². The third-order valence-electron chi connectivity index (χ3n) is 1.42. The van der Waals surface area contributed by atoms with Gasteiger partial charge in [0.05, 0.1) is 5.76 Å². The maximum absolute atomic E-state index is 5.37. The highest BCUT2D eigenvalue weighted by molar-refractivity contribution is 5.55. The lowest BCUT2D eigenvalue weighted by Gasteiger charge is -2.06.